The van der Waals surface area contributed by atoms with Crippen LogP contribution in [0.25, 0.3) is 0 Å². The first-order chi connectivity index (χ1) is 16.0. The van der Waals surface area contributed by atoms with Crippen LogP contribution in [0.4, 0.5) is 0 Å². The van der Waals surface area contributed by atoms with Gasteiger partial charge in [-0.15, -0.1) is 0 Å². The maximum Gasteiger partial charge on any atom is 0.255 e. The predicted molar refractivity (Wildman–Crippen MR) is 130 cm³/mol. The van der Waals surface area contributed by atoms with E-state index in [1.54, 1.807) is 7.11 Å². The number of carbonyl (C=O) groups excluding carboxylic acids is 2. The molecule has 3 aliphatic heterocycles. The minimum atomic E-state index is -0.433. The zero-order valence-corrected chi connectivity index (χ0v) is 20.7. The summed E-state index contributed by atoms with van der Waals surface area (Å²) in [6.07, 6.45) is 7.07. The molecule has 6 heteroatoms. The SMILES string of the molecule is CC[C@H](C)[C@H](C(=O)N(CCOC)C[C@@H]1CCCN2CCCC[C@@H]12)N1Cc2ccccc2C1=O. The Morgan fingerprint density at radius 3 is 2.73 bits per heavy atom. The van der Waals surface area contributed by atoms with Crippen LogP contribution in [0.1, 0.15) is 68.3 Å². The molecule has 0 aliphatic carbocycles. The molecule has 2 amide bonds. The number of amides is 2. The molecule has 3 heterocycles. The lowest BCUT2D eigenvalue weighted by molar-refractivity contribution is -0.140. The fourth-order valence-corrected chi connectivity index (χ4v) is 6.16. The average Bonchev–Trinajstić information content (AvgIpc) is 3.17. The Balaban J connectivity index is 1.56. The second-order valence-electron chi connectivity index (χ2n) is 10.2. The zero-order chi connectivity index (χ0) is 23.4. The quantitative estimate of drug-likeness (QED) is 0.568. The molecule has 4 atom stereocenters. The van der Waals surface area contributed by atoms with E-state index in [0.29, 0.717) is 31.7 Å². The first-order valence-electron chi connectivity index (χ1n) is 13.0. The first kappa shape index (κ1) is 24.2. The molecule has 2 saturated heterocycles. The summed E-state index contributed by atoms with van der Waals surface area (Å²) in [5.74, 6) is 0.685. The van der Waals surface area contributed by atoms with Crippen molar-refractivity contribution in [3.8, 4) is 0 Å². The normalized spacial score (nSPS) is 24.8. The Kier molecular flexibility index (Phi) is 8.07. The zero-order valence-electron chi connectivity index (χ0n) is 20.7. The van der Waals surface area contributed by atoms with Gasteiger partial charge < -0.3 is 19.4 Å². The van der Waals surface area contributed by atoms with Gasteiger partial charge in [-0.05, 0) is 62.2 Å². The van der Waals surface area contributed by atoms with E-state index in [1.807, 2.05) is 34.1 Å². The highest BCUT2D eigenvalue weighted by Crippen LogP contribution is 2.33. The number of nitrogens with zero attached hydrogens (tertiary/aromatic N) is 3. The van der Waals surface area contributed by atoms with E-state index in [1.165, 1.54) is 45.2 Å². The van der Waals surface area contributed by atoms with Crippen molar-refractivity contribution in [2.45, 2.75) is 71.0 Å². The standard InChI is InChI=1S/C27H41N3O3/c1-4-20(2)25(30-19-21-10-5-6-12-23(21)26(30)31)27(32)29(16-17-33-3)18-22-11-9-15-28-14-8-7-13-24(22)28/h5-6,10,12,20,22,24-25H,4,7-9,11,13-19H2,1-3H3/t20-,22-,24-,25+/m0/s1. The Labute approximate surface area is 199 Å². The van der Waals surface area contributed by atoms with Crippen LogP contribution in [-0.4, -0.2) is 78.5 Å². The molecule has 1 aromatic rings. The van der Waals surface area contributed by atoms with Crippen molar-refractivity contribution in [2.75, 3.05) is 39.9 Å². The molecule has 1 aromatic carbocycles. The van der Waals surface area contributed by atoms with Crippen molar-refractivity contribution in [3.05, 3.63) is 35.4 Å². The molecule has 33 heavy (non-hydrogen) atoms. The highest BCUT2D eigenvalue weighted by Gasteiger charge is 2.42. The summed E-state index contributed by atoms with van der Waals surface area (Å²) in [5.41, 5.74) is 1.77. The Bertz CT molecular complexity index is 827. The van der Waals surface area contributed by atoms with E-state index in [-0.39, 0.29) is 17.7 Å². The molecule has 0 radical (unpaired) electrons. The average molecular weight is 456 g/mol. The van der Waals surface area contributed by atoms with Crippen LogP contribution in [-0.2, 0) is 16.1 Å². The lowest BCUT2D eigenvalue weighted by atomic mass is 9.83. The van der Waals surface area contributed by atoms with Gasteiger partial charge in [-0.2, -0.15) is 0 Å². The number of hydrogen-bond acceptors (Lipinski definition) is 4. The van der Waals surface area contributed by atoms with Gasteiger partial charge in [0.2, 0.25) is 5.91 Å². The number of ether oxygens (including phenoxy) is 1. The lowest BCUT2D eigenvalue weighted by Gasteiger charge is -2.46. The monoisotopic (exact) mass is 455 g/mol. The number of hydrogen-bond donors (Lipinski definition) is 0. The third-order valence-electron chi connectivity index (χ3n) is 8.18. The smallest absolute Gasteiger partial charge is 0.255 e. The van der Waals surface area contributed by atoms with E-state index in [2.05, 4.69) is 18.7 Å². The second-order valence-corrected chi connectivity index (χ2v) is 10.2. The van der Waals surface area contributed by atoms with E-state index < -0.39 is 6.04 Å². The Morgan fingerprint density at radius 2 is 1.97 bits per heavy atom. The maximum absolute atomic E-state index is 14.1. The van der Waals surface area contributed by atoms with E-state index >= 15 is 0 Å². The number of benzene rings is 1. The van der Waals surface area contributed by atoms with Crippen LogP contribution < -0.4 is 0 Å². The van der Waals surface area contributed by atoms with Gasteiger partial charge in [-0.1, -0.05) is 44.9 Å². The number of rotatable bonds is 9. The molecule has 0 unspecified atom stereocenters. The molecular weight excluding hydrogens is 414 g/mol. The molecule has 3 aliphatic rings. The summed E-state index contributed by atoms with van der Waals surface area (Å²) in [6.45, 7) is 9.01. The molecule has 4 rings (SSSR count). The van der Waals surface area contributed by atoms with Crippen LogP contribution in [0.2, 0.25) is 0 Å². The van der Waals surface area contributed by atoms with Gasteiger partial charge in [0.15, 0.2) is 0 Å². The van der Waals surface area contributed by atoms with Crippen molar-refractivity contribution in [2.24, 2.45) is 11.8 Å². The van der Waals surface area contributed by atoms with E-state index in [0.717, 1.165) is 24.1 Å². The van der Waals surface area contributed by atoms with Gasteiger partial charge in [0.1, 0.15) is 6.04 Å². The molecule has 0 N–H and O–H groups in total. The summed E-state index contributed by atoms with van der Waals surface area (Å²) in [7, 11) is 1.69. The number of fused-ring (bicyclic) bond motifs is 2. The van der Waals surface area contributed by atoms with Gasteiger partial charge >= 0.3 is 0 Å². The summed E-state index contributed by atoms with van der Waals surface area (Å²) >= 11 is 0. The van der Waals surface area contributed by atoms with Crippen molar-refractivity contribution >= 4 is 11.8 Å². The highest BCUT2D eigenvalue weighted by molar-refractivity contribution is 6.01. The van der Waals surface area contributed by atoms with Crippen LogP contribution in [0.5, 0.6) is 0 Å². The van der Waals surface area contributed by atoms with Gasteiger partial charge in [-0.25, -0.2) is 0 Å². The molecule has 0 spiro atoms. The van der Waals surface area contributed by atoms with Crippen LogP contribution in [0.15, 0.2) is 24.3 Å². The fraction of sp³-hybridized carbons (Fsp3) is 0.704. The molecule has 0 aromatic heterocycles. The number of carbonyl (C=O) groups is 2. The molecular formula is C27H41N3O3. The van der Waals surface area contributed by atoms with Gasteiger partial charge in [0.25, 0.3) is 5.91 Å². The highest BCUT2D eigenvalue weighted by atomic mass is 16.5. The number of piperidine rings is 2. The predicted octanol–water partition coefficient (Wildman–Crippen LogP) is 3.80. The van der Waals surface area contributed by atoms with Crippen LogP contribution in [0.3, 0.4) is 0 Å². The third kappa shape index (κ3) is 5.12. The van der Waals surface area contributed by atoms with Crippen molar-refractivity contribution in [1.82, 2.24) is 14.7 Å². The van der Waals surface area contributed by atoms with Crippen molar-refractivity contribution in [3.63, 3.8) is 0 Å². The molecule has 0 bridgehead atoms. The number of methoxy groups -OCH3 is 1. The topological polar surface area (TPSA) is 53.1 Å². The Morgan fingerprint density at radius 1 is 1.18 bits per heavy atom. The third-order valence-corrected chi connectivity index (χ3v) is 8.18. The van der Waals surface area contributed by atoms with E-state index in [9.17, 15) is 9.59 Å². The van der Waals surface area contributed by atoms with Crippen molar-refractivity contribution in [1.29, 1.82) is 0 Å². The molecule has 2 fully saturated rings. The lowest BCUT2D eigenvalue weighted by Crippen LogP contribution is -2.56. The van der Waals surface area contributed by atoms with Crippen LogP contribution in [0, 0.1) is 11.8 Å². The summed E-state index contributed by atoms with van der Waals surface area (Å²) in [4.78, 5) is 33.9. The van der Waals surface area contributed by atoms with Gasteiger partial charge in [0, 0.05) is 38.3 Å². The van der Waals surface area contributed by atoms with Gasteiger partial charge in [0.05, 0.1) is 6.61 Å². The molecule has 0 saturated carbocycles. The van der Waals surface area contributed by atoms with Crippen molar-refractivity contribution < 1.29 is 14.3 Å². The largest absolute Gasteiger partial charge is 0.383 e. The maximum atomic E-state index is 14.1. The fourth-order valence-electron chi connectivity index (χ4n) is 6.16. The van der Waals surface area contributed by atoms with Crippen LogP contribution >= 0.6 is 0 Å². The summed E-state index contributed by atoms with van der Waals surface area (Å²) < 4.78 is 5.40. The summed E-state index contributed by atoms with van der Waals surface area (Å²) in [6, 6.07) is 7.93. The first-order valence-corrected chi connectivity index (χ1v) is 13.0. The molecule has 6 nitrogen and oxygen atoms in total. The minimum Gasteiger partial charge on any atom is -0.383 e. The van der Waals surface area contributed by atoms with Gasteiger partial charge in [-0.3, -0.25) is 9.59 Å². The van der Waals surface area contributed by atoms with E-state index in [4.69, 9.17) is 4.74 Å². The molecule has 182 valence electrons. The minimum absolute atomic E-state index is 0.00735. The second kappa shape index (κ2) is 11.0. The Hall–Kier alpha value is -1.92. The summed E-state index contributed by atoms with van der Waals surface area (Å²) in [5, 5.41) is 0.